The average molecular weight is 441 g/mol. The maximum Gasteiger partial charge on any atom is 0.175 e. The number of fused-ring (bicyclic) bond motifs is 1. The van der Waals surface area contributed by atoms with Gasteiger partial charge in [0.05, 0.1) is 29.5 Å². The van der Waals surface area contributed by atoms with E-state index < -0.39 is 0 Å². The summed E-state index contributed by atoms with van der Waals surface area (Å²) in [6, 6.07) is 21.3. The van der Waals surface area contributed by atoms with E-state index in [2.05, 4.69) is 20.6 Å². The van der Waals surface area contributed by atoms with Crippen molar-refractivity contribution < 1.29 is 4.74 Å². The Hall–Kier alpha value is -4.17. The summed E-state index contributed by atoms with van der Waals surface area (Å²) in [5.74, 6) is 0.758. The summed E-state index contributed by atoms with van der Waals surface area (Å²) in [5, 5.41) is 6.85. The molecule has 0 amide bonds. The van der Waals surface area contributed by atoms with Crippen LogP contribution in [-0.2, 0) is 0 Å². The number of ether oxygens (including phenoxy) is 1. The van der Waals surface area contributed by atoms with Crippen molar-refractivity contribution in [3.63, 3.8) is 0 Å². The zero-order valence-corrected chi connectivity index (χ0v) is 18.0. The molecule has 0 atom stereocenters. The van der Waals surface area contributed by atoms with E-state index in [0.29, 0.717) is 5.11 Å². The fourth-order valence-electron chi connectivity index (χ4n) is 3.46. The fraction of sp³-hybridized carbons (Fsp3) is 0.0417. The third kappa shape index (κ3) is 4.03. The van der Waals surface area contributed by atoms with Crippen LogP contribution in [0.1, 0.15) is 0 Å². The second-order valence-electron chi connectivity index (χ2n) is 7.10. The molecule has 0 aliphatic rings. The van der Waals surface area contributed by atoms with E-state index in [9.17, 15) is 0 Å². The number of H-pyrrole nitrogens is 2. The lowest BCUT2D eigenvalue weighted by Crippen LogP contribution is -2.19. The first-order valence-corrected chi connectivity index (χ1v) is 10.4. The number of nitrogens with zero attached hydrogens (tertiary/aromatic N) is 2. The van der Waals surface area contributed by atoms with E-state index in [0.717, 1.165) is 50.9 Å². The molecule has 4 N–H and O–H groups in total. The third-order valence-electron chi connectivity index (χ3n) is 4.96. The Balaban J connectivity index is 1.45. The molecule has 2 aromatic carbocycles. The largest absolute Gasteiger partial charge is 0.497 e. The molecule has 0 saturated carbocycles. The van der Waals surface area contributed by atoms with Gasteiger partial charge in [-0.25, -0.2) is 9.97 Å². The Morgan fingerprint density at radius 2 is 1.44 bits per heavy atom. The van der Waals surface area contributed by atoms with Gasteiger partial charge < -0.3 is 25.3 Å². The molecule has 0 aliphatic heterocycles. The van der Waals surface area contributed by atoms with Crippen molar-refractivity contribution in [1.82, 2.24) is 19.9 Å². The van der Waals surface area contributed by atoms with Crippen molar-refractivity contribution >= 4 is 39.7 Å². The van der Waals surface area contributed by atoms with E-state index in [1.807, 2.05) is 79.1 Å². The average Bonchev–Trinajstić information content (AvgIpc) is 3.53. The minimum atomic E-state index is 0.471. The minimum absolute atomic E-state index is 0.471. The second-order valence-corrected chi connectivity index (χ2v) is 7.51. The SMILES string of the molecule is COc1cccc(NC(=S)Nc2ccc3nc(-c4ccc[nH]4)c(-c4ccc[nH]4)nc3c2)c1. The number of aromatic nitrogens is 4. The van der Waals surface area contributed by atoms with Gasteiger partial charge in [0.25, 0.3) is 0 Å². The first kappa shape index (κ1) is 19.8. The molecule has 3 heterocycles. The van der Waals surface area contributed by atoms with E-state index in [1.165, 1.54) is 0 Å². The monoisotopic (exact) mass is 440 g/mol. The Labute approximate surface area is 189 Å². The van der Waals surface area contributed by atoms with E-state index >= 15 is 0 Å². The van der Waals surface area contributed by atoms with Crippen LogP contribution in [0.2, 0.25) is 0 Å². The van der Waals surface area contributed by atoms with Crippen LogP contribution in [0.25, 0.3) is 33.8 Å². The van der Waals surface area contributed by atoms with Crippen LogP contribution >= 0.6 is 12.2 Å². The van der Waals surface area contributed by atoms with Gasteiger partial charge >= 0.3 is 0 Å². The molecule has 5 aromatic rings. The van der Waals surface area contributed by atoms with Crippen LogP contribution in [-0.4, -0.2) is 32.2 Å². The number of methoxy groups -OCH3 is 1. The smallest absolute Gasteiger partial charge is 0.175 e. The van der Waals surface area contributed by atoms with Gasteiger partial charge in [-0.2, -0.15) is 0 Å². The summed E-state index contributed by atoms with van der Waals surface area (Å²) in [5.41, 5.74) is 6.60. The van der Waals surface area contributed by atoms with Crippen LogP contribution in [0.4, 0.5) is 11.4 Å². The molecule has 0 saturated heterocycles. The lowest BCUT2D eigenvalue weighted by atomic mass is 10.1. The zero-order chi connectivity index (χ0) is 21.9. The molecule has 32 heavy (non-hydrogen) atoms. The van der Waals surface area contributed by atoms with Crippen LogP contribution in [0.15, 0.2) is 79.1 Å². The highest BCUT2D eigenvalue weighted by Crippen LogP contribution is 2.30. The predicted octanol–water partition coefficient (Wildman–Crippen LogP) is 5.44. The number of hydrogen-bond acceptors (Lipinski definition) is 4. The highest BCUT2D eigenvalue weighted by atomic mass is 32.1. The van der Waals surface area contributed by atoms with Crippen molar-refractivity contribution in [3.05, 3.63) is 79.1 Å². The van der Waals surface area contributed by atoms with Gasteiger partial charge in [-0.1, -0.05) is 6.07 Å². The Kier molecular flexibility index (Phi) is 5.27. The molecule has 0 unspecified atom stereocenters. The minimum Gasteiger partial charge on any atom is -0.497 e. The summed E-state index contributed by atoms with van der Waals surface area (Å²) < 4.78 is 5.26. The number of nitrogens with one attached hydrogen (secondary N) is 4. The quantitative estimate of drug-likeness (QED) is 0.272. The van der Waals surface area contributed by atoms with E-state index in [-0.39, 0.29) is 0 Å². The zero-order valence-electron chi connectivity index (χ0n) is 17.2. The number of rotatable bonds is 5. The first-order chi connectivity index (χ1) is 15.7. The topological polar surface area (TPSA) is 90.6 Å². The van der Waals surface area contributed by atoms with E-state index in [1.54, 1.807) is 7.11 Å². The lowest BCUT2D eigenvalue weighted by molar-refractivity contribution is 0.415. The van der Waals surface area contributed by atoms with Crippen molar-refractivity contribution in [2.24, 2.45) is 0 Å². The van der Waals surface area contributed by atoms with Crippen molar-refractivity contribution in [1.29, 1.82) is 0 Å². The standard InChI is InChI=1S/C24H20N6OS/c1-31-17-6-2-5-15(13-17)27-24(32)28-16-9-10-18-21(14-16)30-23(20-8-4-12-26-20)22(29-18)19-7-3-11-25-19/h2-14,25-26H,1H3,(H2,27,28,32). The maximum absolute atomic E-state index is 5.48. The van der Waals surface area contributed by atoms with Crippen molar-refractivity contribution in [3.8, 4) is 28.5 Å². The molecule has 8 heteroatoms. The van der Waals surface area contributed by atoms with Gasteiger partial charge in [-0.05, 0) is 66.8 Å². The van der Waals surface area contributed by atoms with Gasteiger partial charge in [0, 0.05) is 29.8 Å². The van der Waals surface area contributed by atoms with Gasteiger partial charge in [0.15, 0.2) is 5.11 Å². The van der Waals surface area contributed by atoms with Gasteiger partial charge in [0.2, 0.25) is 0 Å². The molecule has 0 spiro atoms. The van der Waals surface area contributed by atoms with Crippen LogP contribution in [0, 0.1) is 0 Å². The van der Waals surface area contributed by atoms with E-state index in [4.69, 9.17) is 26.9 Å². The van der Waals surface area contributed by atoms with Gasteiger partial charge in [-0.15, -0.1) is 0 Å². The molecule has 0 aliphatic carbocycles. The maximum atomic E-state index is 5.48. The molecule has 7 nitrogen and oxygen atoms in total. The molecule has 3 aromatic heterocycles. The van der Waals surface area contributed by atoms with Crippen molar-refractivity contribution in [2.45, 2.75) is 0 Å². The number of aromatic amines is 2. The number of thiocarbonyl (C=S) groups is 1. The molecule has 0 fully saturated rings. The molecule has 0 radical (unpaired) electrons. The molecular weight excluding hydrogens is 420 g/mol. The fourth-order valence-corrected chi connectivity index (χ4v) is 3.69. The normalized spacial score (nSPS) is 10.8. The Morgan fingerprint density at radius 3 is 2.06 bits per heavy atom. The van der Waals surface area contributed by atoms with Gasteiger partial charge in [-0.3, -0.25) is 0 Å². The summed E-state index contributed by atoms with van der Waals surface area (Å²) in [6.45, 7) is 0. The summed E-state index contributed by atoms with van der Waals surface area (Å²) in [6.07, 6.45) is 3.75. The van der Waals surface area contributed by atoms with Crippen molar-refractivity contribution in [2.75, 3.05) is 17.7 Å². The number of benzene rings is 2. The van der Waals surface area contributed by atoms with Gasteiger partial charge in [0.1, 0.15) is 17.1 Å². The second kappa shape index (κ2) is 8.52. The first-order valence-electron chi connectivity index (χ1n) is 10.0. The highest BCUT2D eigenvalue weighted by Gasteiger charge is 2.15. The highest BCUT2D eigenvalue weighted by molar-refractivity contribution is 7.80. The van der Waals surface area contributed by atoms with Crippen LogP contribution in [0.5, 0.6) is 5.75 Å². The predicted molar refractivity (Wildman–Crippen MR) is 132 cm³/mol. The molecular formula is C24H20N6OS. The third-order valence-corrected chi connectivity index (χ3v) is 5.16. The Morgan fingerprint density at radius 1 is 0.781 bits per heavy atom. The molecule has 5 rings (SSSR count). The molecule has 0 bridgehead atoms. The molecule has 158 valence electrons. The number of anilines is 2. The summed E-state index contributed by atoms with van der Waals surface area (Å²) in [4.78, 5) is 16.2. The lowest BCUT2D eigenvalue weighted by Gasteiger charge is -2.13. The van der Waals surface area contributed by atoms with Crippen LogP contribution in [0.3, 0.4) is 0 Å². The summed E-state index contributed by atoms with van der Waals surface area (Å²) >= 11 is 5.48. The summed E-state index contributed by atoms with van der Waals surface area (Å²) in [7, 11) is 1.63. The van der Waals surface area contributed by atoms with Crippen LogP contribution < -0.4 is 15.4 Å². The Bertz CT molecular complexity index is 1380. The number of hydrogen-bond donors (Lipinski definition) is 4.